The van der Waals surface area contributed by atoms with Gasteiger partial charge in [0, 0.05) is 42.3 Å². The second kappa shape index (κ2) is 9.18. The standard InChI is InChI=1S/C22H20N6O4S/c1-23-33(31,32)19-7-8-20(21(13-19)28(29)30)25-14-17-15-27(18-5-3-2-4-6-18)26-22(17)16-9-11-24-12-10-16/h2-13,15,23,25H,14H2,1H3. The number of hydrogen-bond donors (Lipinski definition) is 2. The second-order valence-corrected chi connectivity index (χ2v) is 8.90. The van der Waals surface area contributed by atoms with Crippen LogP contribution in [0.5, 0.6) is 0 Å². The number of nitrogens with zero attached hydrogens (tertiary/aromatic N) is 4. The van der Waals surface area contributed by atoms with Crippen LogP contribution in [0, 0.1) is 10.1 Å². The van der Waals surface area contributed by atoms with E-state index in [2.05, 4.69) is 15.0 Å². The van der Waals surface area contributed by atoms with Gasteiger partial charge in [-0.05, 0) is 43.4 Å². The molecule has 2 aromatic carbocycles. The summed E-state index contributed by atoms with van der Waals surface area (Å²) >= 11 is 0. The monoisotopic (exact) mass is 464 g/mol. The number of hydrogen-bond acceptors (Lipinski definition) is 7. The maximum Gasteiger partial charge on any atom is 0.293 e. The van der Waals surface area contributed by atoms with Crippen LogP contribution in [0.2, 0.25) is 0 Å². The van der Waals surface area contributed by atoms with E-state index in [1.807, 2.05) is 48.7 Å². The fraction of sp³-hybridized carbons (Fsp3) is 0.0909. The van der Waals surface area contributed by atoms with Crippen molar-refractivity contribution < 1.29 is 13.3 Å². The highest BCUT2D eigenvalue weighted by atomic mass is 32.2. The summed E-state index contributed by atoms with van der Waals surface area (Å²) in [6, 6.07) is 17.0. The molecular formula is C22H20N6O4S. The van der Waals surface area contributed by atoms with Gasteiger partial charge in [-0.25, -0.2) is 17.8 Å². The van der Waals surface area contributed by atoms with Crippen molar-refractivity contribution in [3.05, 3.63) is 94.9 Å². The quantitative estimate of drug-likeness (QED) is 0.302. The Kier molecular flexibility index (Phi) is 6.16. The molecule has 0 spiro atoms. The van der Waals surface area contributed by atoms with Crippen molar-refractivity contribution in [3.63, 3.8) is 0 Å². The minimum Gasteiger partial charge on any atom is -0.375 e. The van der Waals surface area contributed by atoms with Crippen molar-refractivity contribution >= 4 is 21.4 Å². The third kappa shape index (κ3) is 4.73. The Morgan fingerprint density at radius 3 is 2.45 bits per heavy atom. The first-order valence-corrected chi connectivity index (χ1v) is 11.4. The van der Waals surface area contributed by atoms with Crippen LogP contribution in [0.15, 0.2) is 84.1 Å². The van der Waals surface area contributed by atoms with Crippen LogP contribution in [0.25, 0.3) is 16.9 Å². The first kappa shape index (κ1) is 22.1. The lowest BCUT2D eigenvalue weighted by Crippen LogP contribution is -2.18. The zero-order chi connectivity index (χ0) is 23.4. The molecule has 33 heavy (non-hydrogen) atoms. The minimum atomic E-state index is -3.81. The topological polar surface area (TPSA) is 132 Å². The first-order chi connectivity index (χ1) is 15.9. The van der Waals surface area contributed by atoms with Crippen LogP contribution >= 0.6 is 0 Å². The molecule has 0 amide bonds. The normalized spacial score (nSPS) is 11.3. The summed E-state index contributed by atoms with van der Waals surface area (Å²) in [7, 11) is -2.56. The predicted molar refractivity (Wildman–Crippen MR) is 123 cm³/mol. The minimum absolute atomic E-state index is 0.184. The summed E-state index contributed by atoms with van der Waals surface area (Å²) in [5.41, 5.74) is 3.07. The average molecular weight is 465 g/mol. The summed E-state index contributed by atoms with van der Waals surface area (Å²) in [5, 5.41) is 19.4. The molecule has 11 heteroatoms. The molecule has 10 nitrogen and oxygen atoms in total. The van der Waals surface area contributed by atoms with Gasteiger partial charge in [0.05, 0.1) is 21.2 Å². The van der Waals surface area contributed by atoms with E-state index in [4.69, 9.17) is 5.10 Å². The van der Waals surface area contributed by atoms with Gasteiger partial charge >= 0.3 is 0 Å². The van der Waals surface area contributed by atoms with Crippen LogP contribution in [-0.2, 0) is 16.6 Å². The highest BCUT2D eigenvalue weighted by Gasteiger charge is 2.21. The summed E-state index contributed by atoms with van der Waals surface area (Å²) in [6.45, 7) is 0.226. The third-order valence-electron chi connectivity index (χ3n) is 4.98. The van der Waals surface area contributed by atoms with Gasteiger partial charge < -0.3 is 5.32 Å². The lowest BCUT2D eigenvalue weighted by Gasteiger charge is -2.09. The Labute approximate surface area is 190 Å². The van der Waals surface area contributed by atoms with Crippen molar-refractivity contribution in [1.29, 1.82) is 0 Å². The number of nitro benzene ring substituents is 1. The fourth-order valence-corrected chi connectivity index (χ4v) is 4.04. The Balaban J connectivity index is 1.70. The molecule has 0 unspecified atom stereocenters. The zero-order valence-corrected chi connectivity index (χ0v) is 18.4. The molecule has 0 aliphatic heterocycles. The number of para-hydroxylation sites is 1. The predicted octanol–water partition coefficient (Wildman–Crippen LogP) is 3.36. The maximum absolute atomic E-state index is 12.0. The van der Waals surface area contributed by atoms with E-state index < -0.39 is 14.9 Å². The van der Waals surface area contributed by atoms with Crippen molar-refractivity contribution in [2.75, 3.05) is 12.4 Å². The Morgan fingerprint density at radius 2 is 1.79 bits per heavy atom. The molecule has 4 rings (SSSR count). The van der Waals surface area contributed by atoms with E-state index in [-0.39, 0.29) is 22.8 Å². The molecule has 0 atom stereocenters. The molecule has 4 aromatic rings. The summed E-state index contributed by atoms with van der Waals surface area (Å²) in [5.74, 6) is 0. The lowest BCUT2D eigenvalue weighted by atomic mass is 10.1. The van der Waals surface area contributed by atoms with Crippen LogP contribution in [0.1, 0.15) is 5.56 Å². The SMILES string of the molecule is CNS(=O)(=O)c1ccc(NCc2cn(-c3ccccc3)nc2-c2ccncc2)c([N+](=O)[O-])c1. The summed E-state index contributed by atoms with van der Waals surface area (Å²) in [4.78, 5) is 14.9. The smallest absolute Gasteiger partial charge is 0.293 e. The van der Waals surface area contributed by atoms with Gasteiger partial charge in [-0.15, -0.1) is 0 Å². The van der Waals surface area contributed by atoms with Crippen LogP contribution in [0.3, 0.4) is 0 Å². The molecule has 0 bridgehead atoms. The van der Waals surface area contributed by atoms with Crippen LogP contribution in [0.4, 0.5) is 11.4 Å². The van der Waals surface area contributed by atoms with E-state index in [0.29, 0.717) is 5.69 Å². The molecule has 0 radical (unpaired) electrons. The van der Waals surface area contributed by atoms with Gasteiger partial charge in [0.1, 0.15) is 5.69 Å². The number of aromatic nitrogens is 3. The zero-order valence-electron chi connectivity index (χ0n) is 17.5. The largest absolute Gasteiger partial charge is 0.375 e. The Hall–Kier alpha value is -4.09. The van der Waals surface area contributed by atoms with Crippen molar-refractivity contribution in [2.24, 2.45) is 0 Å². The summed E-state index contributed by atoms with van der Waals surface area (Å²) in [6.07, 6.45) is 5.18. The third-order valence-corrected chi connectivity index (χ3v) is 6.39. The van der Waals surface area contributed by atoms with Crippen LogP contribution in [-0.4, -0.2) is 35.2 Å². The molecule has 0 aliphatic carbocycles. The van der Waals surface area contributed by atoms with Gasteiger partial charge in [-0.3, -0.25) is 15.1 Å². The fourth-order valence-electron chi connectivity index (χ4n) is 3.29. The van der Waals surface area contributed by atoms with Crippen molar-refractivity contribution in [3.8, 4) is 16.9 Å². The first-order valence-electron chi connectivity index (χ1n) is 9.89. The molecule has 2 heterocycles. The van der Waals surface area contributed by atoms with Gasteiger partial charge in [-0.2, -0.15) is 5.10 Å². The number of nitrogens with one attached hydrogen (secondary N) is 2. The molecule has 2 aromatic heterocycles. The molecule has 2 N–H and O–H groups in total. The van der Waals surface area contributed by atoms with E-state index >= 15 is 0 Å². The molecule has 0 fully saturated rings. The number of sulfonamides is 1. The number of pyridine rings is 1. The molecule has 168 valence electrons. The maximum atomic E-state index is 12.0. The van der Waals surface area contributed by atoms with Gasteiger partial charge in [0.25, 0.3) is 5.69 Å². The average Bonchev–Trinajstić information content (AvgIpc) is 3.28. The number of rotatable bonds is 8. The number of benzene rings is 2. The van der Waals surface area contributed by atoms with Gasteiger partial charge in [0.15, 0.2) is 0 Å². The highest BCUT2D eigenvalue weighted by Crippen LogP contribution is 2.29. The number of anilines is 1. The van der Waals surface area contributed by atoms with E-state index in [1.54, 1.807) is 17.1 Å². The second-order valence-electron chi connectivity index (χ2n) is 7.02. The van der Waals surface area contributed by atoms with Crippen molar-refractivity contribution in [2.45, 2.75) is 11.4 Å². The summed E-state index contributed by atoms with van der Waals surface area (Å²) < 4.78 is 28.0. The lowest BCUT2D eigenvalue weighted by molar-refractivity contribution is -0.384. The Morgan fingerprint density at radius 1 is 1.06 bits per heavy atom. The molecule has 0 saturated carbocycles. The molecule has 0 aliphatic rings. The number of nitro groups is 1. The molecule has 0 saturated heterocycles. The van der Waals surface area contributed by atoms with Gasteiger partial charge in [-0.1, -0.05) is 18.2 Å². The highest BCUT2D eigenvalue weighted by molar-refractivity contribution is 7.89. The van der Waals surface area contributed by atoms with E-state index in [9.17, 15) is 18.5 Å². The molecular weight excluding hydrogens is 444 g/mol. The van der Waals surface area contributed by atoms with Gasteiger partial charge in [0.2, 0.25) is 10.0 Å². The van der Waals surface area contributed by atoms with E-state index in [1.165, 1.54) is 19.2 Å². The van der Waals surface area contributed by atoms with Crippen molar-refractivity contribution in [1.82, 2.24) is 19.5 Å². The Bertz CT molecular complexity index is 1390. The van der Waals surface area contributed by atoms with Crippen LogP contribution < -0.4 is 10.0 Å². The van der Waals surface area contributed by atoms with E-state index in [0.717, 1.165) is 22.9 Å².